The van der Waals surface area contributed by atoms with Gasteiger partial charge in [0.2, 0.25) is 10.0 Å². The standard InChI is InChI=1S/C9H16N4O3S/c1-6(14)7-2-3-13(5-7)17(15,16)8-4-11-12-9(8)10/h4,6-7,14H,2-3,5H2,1H3,(H3,10,11,12). The van der Waals surface area contributed by atoms with Gasteiger partial charge in [-0.25, -0.2) is 8.42 Å². The largest absolute Gasteiger partial charge is 0.393 e. The zero-order valence-corrected chi connectivity index (χ0v) is 10.3. The van der Waals surface area contributed by atoms with Crippen LogP contribution in [-0.4, -0.2) is 47.2 Å². The van der Waals surface area contributed by atoms with Crippen molar-refractivity contribution in [3.8, 4) is 0 Å². The highest BCUT2D eigenvalue weighted by atomic mass is 32.2. The normalized spacial score (nSPS) is 24.0. The third-order valence-corrected chi connectivity index (χ3v) is 5.01. The third kappa shape index (κ3) is 2.15. The van der Waals surface area contributed by atoms with Crippen LogP contribution < -0.4 is 5.73 Å². The first kappa shape index (κ1) is 12.3. The van der Waals surface area contributed by atoms with E-state index in [4.69, 9.17) is 5.73 Å². The van der Waals surface area contributed by atoms with Crippen LogP contribution in [0.4, 0.5) is 5.82 Å². The molecule has 0 bridgehead atoms. The molecule has 2 rings (SSSR count). The SMILES string of the molecule is CC(O)C1CCN(S(=O)(=O)c2cn[nH]c2N)C1. The zero-order valence-electron chi connectivity index (χ0n) is 9.50. The molecule has 0 spiro atoms. The van der Waals surface area contributed by atoms with E-state index in [1.807, 2.05) is 0 Å². The van der Waals surface area contributed by atoms with Crippen LogP contribution in [0.25, 0.3) is 0 Å². The van der Waals surface area contributed by atoms with Gasteiger partial charge >= 0.3 is 0 Å². The summed E-state index contributed by atoms with van der Waals surface area (Å²) in [5.74, 6) is 0.0309. The first-order valence-corrected chi connectivity index (χ1v) is 6.84. The fraction of sp³-hybridized carbons (Fsp3) is 0.667. The van der Waals surface area contributed by atoms with Gasteiger partial charge in [0.05, 0.1) is 12.3 Å². The fourth-order valence-corrected chi connectivity index (χ4v) is 3.52. The van der Waals surface area contributed by atoms with Gasteiger partial charge < -0.3 is 10.8 Å². The van der Waals surface area contributed by atoms with Crippen molar-refractivity contribution in [2.45, 2.75) is 24.3 Å². The number of hydrogen-bond acceptors (Lipinski definition) is 5. The Bertz CT molecular complexity index is 496. The Morgan fingerprint density at radius 2 is 2.41 bits per heavy atom. The lowest BCUT2D eigenvalue weighted by molar-refractivity contribution is 0.133. The maximum Gasteiger partial charge on any atom is 0.248 e. The number of anilines is 1. The van der Waals surface area contributed by atoms with E-state index in [0.29, 0.717) is 19.5 Å². The van der Waals surface area contributed by atoms with Gasteiger partial charge in [-0.3, -0.25) is 5.10 Å². The molecule has 96 valence electrons. The predicted molar refractivity (Wildman–Crippen MR) is 61.5 cm³/mol. The van der Waals surface area contributed by atoms with E-state index in [1.54, 1.807) is 6.92 Å². The molecule has 0 aromatic carbocycles. The number of rotatable bonds is 3. The maximum absolute atomic E-state index is 12.2. The van der Waals surface area contributed by atoms with Crippen molar-refractivity contribution in [3.63, 3.8) is 0 Å². The Morgan fingerprint density at radius 3 is 2.88 bits per heavy atom. The molecule has 1 aromatic heterocycles. The Morgan fingerprint density at radius 1 is 1.71 bits per heavy atom. The van der Waals surface area contributed by atoms with Gasteiger partial charge in [-0.15, -0.1) is 0 Å². The Labute approximate surface area is 99.7 Å². The topological polar surface area (TPSA) is 112 Å². The lowest BCUT2D eigenvalue weighted by Gasteiger charge is -2.16. The van der Waals surface area contributed by atoms with Crippen molar-refractivity contribution in [1.82, 2.24) is 14.5 Å². The van der Waals surface area contributed by atoms with E-state index in [9.17, 15) is 13.5 Å². The molecule has 0 saturated carbocycles. The third-order valence-electron chi connectivity index (χ3n) is 3.12. The molecule has 1 saturated heterocycles. The minimum Gasteiger partial charge on any atom is -0.393 e. The number of nitrogens with two attached hydrogens (primary N) is 1. The van der Waals surface area contributed by atoms with Gasteiger partial charge in [-0.2, -0.15) is 9.40 Å². The predicted octanol–water partition coefficient (Wildman–Crippen LogP) is -0.617. The van der Waals surface area contributed by atoms with Crippen LogP contribution >= 0.6 is 0 Å². The van der Waals surface area contributed by atoms with E-state index < -0.39 is 16.1 Å². The lowest BCUT2D eigenvalue weighted by Crippen LogP contribution is -2.30. The van der Waals surface area contributed by atoms with Crippen molar-refractivity contribution >= 4 is 15.8 Å². The van der Waals surface area contributed by atoms with Crippen molar-refractivity contribution < 1.29 is 13.5 Å². The van der Waals surface area contributed by atoms with Crippen LogP contribution in [0.5, 0.6) is 0 Å². The van der Waals surface area contributed by atoms with Crippen molar-refractivity contribution in [1.29, 1.82) is 0 Å². The molecule has 0 amide bonds. The molecule has 2 unspecified atom stereocenters. The molecule has 1 aliphatic rings. The van der Waals surface area contributed by atoms with Crippen LogP contribution in [0, 0.1) is 5.92 Å². The highest BCUT2D eigenvalue weighted by Crippen LogP contribution is 2.27. The summed E-state index contributed by atoms with van der Waals surface area (Å²) in [7, 11) is -3.59. The van der Waals surface area contributed by atoms with Crippen LogP contribution in [0.2, 0.25) is 0 Å². The van der Waals surface area contributed by atoms with E-state index in [2.05, 4.69) is 10.2 Å². The molecule has 4 N–H and O–H groups in total. The van der Waals surface area contributed by atoms with Crippen LogP contribution in [-0.2, 0) is 10.0 Å². The van der Waals surface area contributed by atoms with Crippen LogP contribution in [0.15, 0.2) is 11.1 Å². The fourth-order valence-electron chi connectivity index (χ4n) is 2.00. The number of H-pyrrole nitrogens is 1. The Balaban J connectivity index is 2.22. The van der Waals surface area contributed by atoms with E-state index in [-0.39, 0.29) is 16.6 Å². The molecule has 7 nitrogen and oxygen atoms in total. The van der Waals surface area contributed by atoms with Gasteiger partial charge in [0.15, 0.2) is 0 Å². The summed E-state index contributed by atoms with van der Waals surface area (Å²) >= 11 is 0. The summed E-state index contributed by atoms with van der Waals surface area (Å²) in [6, 6.07) is 0. The second-order valence-corrected chi connectivity index (χ2v) is 6.21. The Hall–Kier alpha value is -1.12. The average molecular weight is 260 g/mol. The number of hydrogen-bond donors (Lipinski definition) is 3. The van der Waals surface area contributed by atoms with Gasteiger partial charge in [-0.1, -0.05) is 0 Å². The maximum atomic E-state index is 12.2. The summed E-state index contributed by atoms with van der Waals surface area (Å²) in [4.78, 5) is 0.00347. The minimum absolute atomic E-state index is 0.00347. The monoisotopic (exact) mass is 260 g/mol. The summed E-state index contributed by atoms with van der Waals surface area (Å²) in [6.07, 6.45) is 1.37. The molecular weight excluding hydrogens is 244 g/mol. The van der Waals surface area contributed by atoms with Gasteiger partial charge in [0.25, 0.3) is 0 Å². The lowest BCUT2D eigenvalue weighted by atomic mass is 10.0. The second-order valence-electron chi connectivity index (χ2n) is 4.30. The molecule has 0 aliphatic carbocycles. The molecular formula is C9H16N4O3S. The zero-order chi connectivity index (χ0) is 12.6. The van der Waals surface area contributed by atoms with E-state index in [1.165, 1.54) is 10.5 Å². The first-order chi connectivity index (χ1) is 7.93. The number of aliphatic hydroxyl groups is 1. The molecule has 2 heterocycles. The quantitative estimate of drug-likeness (QED) is 0.670. The number of sulfonamides is 1. The number of nitrogens with one attached hydrogen (secondary N) is 1. The molecule has 0 radical (unpaired) electrons. The number of aromatic nitrogens is 2. The van der Waals surface area contributed by atoms with Crippen LogP contribution in [0.1, 0.15) is 13.3 Å². The van der Waals surface area contributed by atoms with Gasteiger partial charge in [0.1, 0.15) is 10.7 Å². The number of aliphatic hydroxyl groups excluding tert-OH is 1. The second kappa shape index (κ2) is 4.28. The smallest absolute Gasteiger partial charge is 0.248 e. The summed E-state index contributed by atoms with van der Waals surface area (Å²) < 4.78 is 25.7. The van der Waals surface area contributed by atoms with E-state index >= 15 is 0 Å². The van der Waals surface area contributed by atoms with Gasteiger partial charge in [-0.05, 0) is 19.3 Å². The molecule has 8 heteroatoms. The van der Waals surface area contributed by atoms with E-state index in [0.717, 1.165) is 0 Å². The first-order valence-electron chi connectivity index (χ1n) is 5.40. The molecule has 17 heavy (non-hydrogen) atoms. The average Bonchev–Trinajstić information content (AvgIpc) is 2.84. The number of aromatic amines is 1. The minimum atomic E-state index is -3.59. The molecule has 1 aromatic rings. The molecule has 1 fully saturated rings. The van der Waals surface area contributed by atoms with Crippen molar-refractivity contribution in [2.24, 2.45) is 5.92 Å². The summed E-state index contributed by atoms with van der Waals surface area (Å²) in [6.45, 7) is 2.40. The number of nitrogen functional groups attached to an aromatic ring is 1. The van der Waals surface area contributed by atoms with Crippen LogP contribution in [0.3, 0.4) is 0 Å². The summed E-state index contributed by atoms with van der Waals surface area (Å²) in [5.41, 5.74) is 5.52. The number of nitrogens with zero attached hydrogens (tertiary/aromatic N) is 2. The molecule has 1 aliphatic heterocycles. The summed E-state index contributed by atoms with van der Waals surface area (Å²) in [5, 5.41) is 15.5. The van der Waals surface area contributed by atoms with Crippen molar-refractivity contribution in [3.05, 3.63) is 6.20 Å². The van der Waals surface area contributed by atoms with Gasteiger partial charge in [0, 0.05) is 13.1 Å². The molecule has 2 atom stereocenters. The Kier molecular flexibility index (Phi) is 3.11. The van der Waals surface area contributed by atoms with Crippen molar-refractivity contribution in [2.75, 3.05) is 18.8 Å². The highest BCUT2D eigenvalue weighted by molar-refractivity contribution is 7.89. The highest BCUT2D eigenvalue weighted by Gasteiger charge is 2.35.